The van der Waals surface area contributed by atoms with Gasteiger partial charge in [-0.05, 0) is 26.3 Å². The average Bonchev–Trinajstić information content (AvgIpc) is 2.46. The Morgan fingerprint density at radius 3 is 2.60 bits per heavy atom. The number of morpholine rings is 1. The zero-order valence-corrected chi connectivity index (χ0v) is 12.4. The molecule has 6 heteroatoms. The van der Waals surface area contributed by atoms with Crippen LogP contribution in [0.5, 0.6) is 0 Å². The maximum absolute atomic E-state index is 12.5. The number of nitrogens with zero attached hydrogens (tertiary/aromatic N) is 2. The van der Waals surface area contributed by atoms with Gasteiger partial charge in [0.05, 0.1) is 19.3 Å². The smallest absolute Gasteiger partial charge is 0.239 e. The zero-order chi connectivity index (χ0) is 14.5. The zero-order valence-electron chi connectivity index (χ0n) is 12.4. The Balaban J connectivity index is 1.88. The summed E-state index contributed by atoms with van der Waals surface area (Å²) in [7, 11) is 0. The van der Waals surface area contributed by atoms with Crippen LogP contribution in [0.4, 0.5) is 0 Å². The van der Waals surface area contributed by atoms with Crippen LogP contribution in [0.1, 0.15) is 26.7 Å². The summed E-state index contributed by atoms with van der Waals surface area (Å²) in [6.45, 7) is 7.83. The van der Waals surface area contributed by atoms with E-state index in [9.17, 15) is 9.59 Å². The fourth-order valence-corrected chi connectivity index (χ4v) is 2.97. The van der Waals surface area contributed by atoms with Gasteiger partial charge in [-0.1, -0.05) is 0 Å². The van der Waals surface area contributed by atoms with Crippen LogP contribution in [-0.2, 0) is 14.3 Å². The lowest BCUT2D eigenvalue weighted by molar-refractivity contribution is -0.141. The minimum Gasteiger partial charge on any atom is -0.378 e. The molecule has 0 saturated carbocycles. The van der Waals surface area contributed by atoms with Crippen LogP contribution in [0.25, 0.3) is 0 Å². The van der Waals surface area contributed by atoms with Gasteiger partial charge >= 0.3 is 0 Å². The van der Waals surface area contributed by atoms with Crippen molar-refractivity contribution in [1.29, 1.82) is 0 Å². The van der Waals surface area contributed by atoms with E-state index >= 15 is 0 Å². The highest BCUT2D eigenvalue weighted by Gasteiger charge is 2.30. The number of ether oxygens (including phenoxy) is 1. The highest BCUT2D eigenvalue weighted by molar-refractivity contribution is 5.81. The number of amides is 2. The Bertz CT molecular complexity index is 356. The maximum atomic E-state index is 12.5. The summed E-state index contributed by atoms with van der Waals surface area (Å²) in [6, 6.07) is 0.0471. The number of rotatable bonds is 3. The summed E-state index contributed by atoms with van der Waals surface area (Å²) < 4.78 is 5.28. The van der Waals surface area contributed by atoms with Gasteiger partial charge < -0.3 is 15.0 Å². The molecule has 0 bridgehead atoms. The molecule has 2 saturated heterocycles. The molecule has 0 aromatic heterocycles. The van der Waals surface area contributed by atoms with E-state index in [-0.39, 0.29) is 23.9 Å². The Labute approximate surface area is 120 Å². The van der Waals surface area contributed by atoms with E-state index in [0.717, 1.165) is 25.9 Å². The molecule has 20 heavy (non-hydrogen) atoms. The van der Waals surface area contributed by atoms with Crippen molar-refractivity contribution in [2.75, 3.05) is 39.4 Å². The van der Waals surface area contributed by atoms with Crippen molar-refractivity contribution >= 4 is 11.8 Å². The van der Waals surface area contributed by atoms with Crippen molar-refractivity contribution in [2.24, 2.45) is 0 Å². The molecular weight excluding hydrogens is 258 g/mol. The molecule has 0 aliphatic carbocycles. The van der Waals surface area contributed by atoms with Crippen LogP contribution in [0, 0.1) is 0 Å². The number of nitrogens with one attached hydrogen (secondary N) is 1. The molecule has 0 spiro atoms. The van der Waals surface area contributed by atoms with Gasteiger partial charge in [0, 0.05) is 32.6 Å². The van der Waals surface area contributed by atoms with Crippen molar-refractivity contribution in [3.8, 4) is 0 Å². The number of carbonyl (C=O) groups is 2. The predicted molar refractivity (Wildman–Crippen MR) is 75.3 cm³/mol. The second-order valence-electron chi connectivity index (χ2n) is 5.65. The van der Waals surface area contributed by atoms with Gasteiger partial charge in [0.25, 0.3) is 0 Å². The van der Waals surface area contributed by atoms with Gasteiger partial charge in [0.1, 0.15) is 0 Å². The lowest BCUT2D eigenvalue weighted by atomic mass is 10.0. The van der Waals surface area contributed by atoms with Crippen LogP contribution < -0.4 is 5.32 Å². The van der Waals surface area contributed by atoms with Gasteiger partial charge in [-0.2, -0.15) is 0 Å². The summed E-state index contributed by atoms with van der Waals surface area (Å²) in [6.07, 6.45) is 2.01. The summed E-state index contributed by atoms with van der Waals surface area (Å²) in [5.74, 6) is 0.181. The molecule has 2 rings (SSSR count). The molecular formula is C14H25N3O3. The number of likely N-dealkylation sites (tertiary alicyclic amines) is 1. The fraction of sp³-hybridized carbons (Fsp3) is 0.857. The Morgan fingerprint density at radius 2 is 1.95 bits per heavy atom. The van der Waals surface area contributed by atoms with Crippen molar-refractivity contribution in [3.05, 3.63) is 0 Å². The topological polar surface area (TPSA) is 61.9 Å². The predicted octanol–water partition coefficient (Wildman–Crippen LogP) is -0.166. The molecule has 0 radical (unpaired) electrons. The normalized spacial score (nSPS) is 26.1. The SMILES string of the molecule is CC(=O)N[C@@H]1CCCN([C@H](C)C(=O)N2CCOCC2)C1. The third kappa shape index (κ3) is 3.93. The largest absolute Gasteiger partial charge is 0.378 e. The van der Waals surface area contributed by atoms with E-state index in [1.165, 1.54) is 0 Å². The van der Waals surface area contributed by atoms with Crippen molar-refractivity contribution in [1.82, 2.24) is 15.1 Å². The number of piperidine rings is 1. The first-order valence-corrected chi connectivity index (χ1v) is 7.45. The quantitative estimate of drug-likeness (QED) is 0.781. The Morgan fingerprint density at radius 1 is 1.25 bits per heavy atom. The van der Waals surface area contributed by atoms with E-state index in [1.807, 2.05) is 11.8 Å². The van der Waals surface area contributed by atoms with Gasteiger partial charge in [-0.25, -0.2) is 0 Å². The molecule has 2 aliphatic rings. The maximum Gasteiger partial charge on any atom is 0.239 e. The van der Waals surface area contributed by atoms with Crippen molar-refractivity contribution in [2.45, 2.75) is 38.8 Å². The van der Waals surface area contributed by atoms with E-state index in [4.69, 9.17) is 4.74 Å². The summed E-state index contributed by atoms with van der Waals surface area (Å²) in [4.78, 5) is 27.7. The lowest BCUT2D eigenvalue weighted by Crippen LogP contribution is -2.55. The third-order valence-electron chi connectivity index (χ3n) is 4.09. The highest BCUT2D eigenvalue weighted by Crippen LogP contribution is 2.15. The number of hydrogen-bond acceptors (Lipinski definition) is 4. The monoisotopic (exact) mass is 283 g/mol. The van der Waals surface area contributed by atoms with Crippen LogP contribution in [0.15, 0.2) is 0 Å². The molecule has 2 heterocycles. The number of carbonyl (C=O) groups excluding carboxylic acids is 2. The van der Waals surface area contributed by atoms with Gasteiger partial charge in [-0.3, -0.25) is 14.5 Å². The van der Waals surface area contributed by atoms with Crippen molar-refractivity contribution < 1.29 is 14.3 Å². The standard InChI is InChI=1S/C14H25N3O3/c1-11(14(19)16-6-8-20-9-7-16)17-5-3-4-13(10-17)15-12(2)18/h11,13H,3-10H2,1-2H3,(H,15,18)/t11-,13-/m1/s1. The van der Waals surface area contributed by atoms with Gasteiger partial charge in [0.2, 0.25) is 11.8 Å². The second kappa shape index (κ2) is 7.04. The van der Waals surface area contributed by atoms with Gasteiger partial charge in [0.15, 0.2) is 0 Å². The van der Waals surface area contributed by atoms with Crippen molar-refractivity contribution in [3.63, 3.8) is 0 Å². The minimum absolute atomic E-state index is 0.00371. The third-order valence-corrected chi connectivity index (χ3v) is 4.09. The fourth-order valence-electron chi connectivity index (χ4n) is 2.97. The first kappa shape index (κ1) is 15.3. The Hall–Kier alpha value is -1.14. The molecule has 114 valence electrons. The Kier molecular flexibility index (Phi) is 5.37. The molecule has 2 amide bonds. The molecule has 0 aromatic rings. The molecule has 1 N–H and O–H groups in total. The molecule has 2 aliphatic heterocycles. The van der Waals surface area contributed by atoms with E-state index < -0.39 is 0 Å². The summed E-state index contributed by atoms with van der Waals surface area (Å²) >= 11 is 0. The average molecular weight is 283 g/mol. The highest BCUT2D eigenvalue weighted by atomic mass is 16.5. The summed E-state index contributed by atoms with van der Waals surface area (Å²) in [5.41, 5.74) is 0. The van der Waals surface area contributed by atoms with Crippen LogP contribution in [0.3, 0.4) is 0 Å². The minimum atomic E-state index is -0.121. The molecule has 0 unspecified atom stereocenters. The lowest BCUT2D eigenvalue weighted by Gasteiger charge is -2.38. The van der Waals surface area contributed by atoms with Crippen LogP contribution in [0.2, 0.25) is 0 Å². The first-order valence-electron chi connectivity index (χ1n) is 7.45. The number of hydrogen-bond donors (Lipinski definition) is 1. The summed E-state index contributed by atoms with van der Waals surface area (Å²) in [5, 5.41) is 2.96. The molecule has 2 fully saturated rings. The second-order valence-corrected chi connectivity index (χ2v) is 5.65. The van der Waals surface area contributed by atoms with E-state index in [0.29, 0.717) is 26.3 Å². The molecule has 6 nitrogen and oxygen atoms in total. The molecule has 0 aromatic carbocycles. The van der Waals surface area contributed by atoms with Crippen LogP contribution in [-0.4, -0.2) is 73.1 Å². The van der Waals surface area contributed by atoms with Crippen LogP contribution >= 0.6 is 0 Å². The van der Waals surface area contributed by atoms with E-state index in [1.54, 1.807) is 6.92 Å². The van der Waals surface area contributed by atoms with E-state index in [2.05, 4.69) is 10.2 Å². The first-order chi connectivity index (χ1) is 9.58. The molecule has 2 atom stereocenters. The van der Waals surface area contributed by atoms with Gasteiger partial charge in [-0.15, -0.1) is 0 Å².